The predicted molar refractivity (Wildman–Crippen MR) is 62.3 cm³/mol. The summed E-state index contributed by atoms with van der Waals surface area (Å²) in [5, 5.41) is 9.85. The molecule has 0 radical (unpaired) electrons. The van der Waals surface area contributed by atoms with Gasteiger partial charge in [0.25, 0.3) is 0 Å². The van der Waals surface area contributed by atoms with E-state index in [1.807, 2.05) is 0 Å². The Bertz CT molecular complexity index is 386. The Morgan fingerprint density at radius 3 is 2.19 bits per heavy atom. The second-order valence-electron chi connectivity index (χ2n) is 5.30. The van der Waals surface area contributed by atoms with Crippen molar-refractivity contribution in [1.29, 1.82) is 0 Å². The average Bonchev–Trinajstić information content (AvgIpc) is 3.18. The molecular weight excluding hydrogens is 200 g/mol. The van der Waals surface area contributed by atoms with E-state index in [0.717, 1.165) is 32.1 Å². The van der Waals surface area contributed by atoms with Crippen LogP contribution in [0.3, 0.4) is 0 Å². The highest BCUT2D eigenvalue weighted by atomic mass is 16.5. The summed E-state index contributed by atoms with van der Waals surface area (Å²) in [4.78, 5) is 0. The number of hydrogen-bond acceptors (Lipinski definition) is 2. The Labute approximate surface area is 96.2 Å². The van der Waals surface area contributed by atoms with Crippen LogP contribution in [0.25, 0.3) is 0 Å². The van der Waals surface area contributed by atoms with E-state index in [1.165, 1.54) is 11.1 Å². The number of aliphatic hydroxyl groups is 1. The first-order chi connectivity index (χ1) is 7.66. The molecule has 16 heavy (non-hydrogen) atoms. The third-order valence-corrected chi connectivity index (χ3v) is 3.94. The first-order valence-electron chi connectivity index (χ1n) is 6.03. The van der Waals surface area contributed by atoms with Crippen molar-refractivity contribution in [2.45, 2.75) is 43.3 Å². The number of ether oxygens (including phenoxy) is 1. The molecule has 0 spiro atoms. The van der Waals surface area contributed by atoms with E-state index in [4.69, 9.17) is 4.74 Å². The van der Waals surface area contributed by atoms with Gasteiger partial charge in [-0.3, -0.25) is 0 Å². The highest BCUT2D eigenvalue weighted by Crippen LogP contribution is 2.48. The summed E-state index contributed by atoms with van der Waals surface area (Å²) in [5.74, 6) is 0. The van der Waals surface area contributed by atoms with Gasteiger partial charge in [-0.05, 0) is 36.8 Å². The molecule has 0 atom stereocenters. The van der Waals surface area contributed by atoms with Gasteiger partial charge in [-0.25, -0.2) is 0 Å². The molecule has 2 aliphatic rings. The normalized spacial score (nSPS) is 24.1. The summed E-state index contributed by atoms with van der Waals surface area (Å²) in [6.07, 6.45) is 4.97. The third-order valence-electron chi connectivity index (χ3n) is 3.94. The zero-order chi connectivity index (χ0) is 11.2. The van der Waals surface area contributed by atoms with Crippen LogP contribution in [-0.2, 0) is 16.8 Å². The third kappa shape index (κ3) is 1.76. The Kier molecular flexibility index (Phi) is 2.13. The molecule has 0 bridgehead atoms. The lowest BCUT2D eigenvalue weighted by Crippen LogP contribution is -2.12. The molecular formula is C14H18O2. The number of rotatable bonds is 4. The van der Waals surface area contributed by atoms with Crippen molar-refractivity contribution in [3.8, 4) is 0 Å². The maximum atomic E-state index is 9.85. The smallest absolute Gasteiger partial charge is 0.0929 e. The molecule has 0 aliphatic heterocycles. The van der Waals surface area contributed by atoms with Gasteiger partial charge < -0.3 is 9.84 Å². The molecule has 2 nitrogen and oxygen atoms in total. The van der Waals surface area contributed by atoms with Crippen LogP contribution in [0.2, 0.25) is 0 Å². The minimum Gasteiger partial charge on any atom is -0.390 e. The highest BCUT2D eigenvalue weighted by Gasteiger charge is 2.45. The fourth-order valence-electron chi connectivity index (χ4n) is 2.35. The monoisotopic (exact) mass is 218 g/mol. The molecule has 2 saturated carbocycles. The quantitative estimate of drug-likeness (QED) is 0.840. The van der Waals surface area contributed by atoms with Crippen molar-refractivity contribution in [1.82, 2.24) is 0 Å². The van der Waals surface area contributed by atoms with E-state index in [1.54, 1.807) is 7.11 Å². The van der Waals surface area contributed by atoms with Crippen LogP contribution < -0.4 is 0 Å². The van der Waals surface area contributed by atoms with Gasteiger partial charge >= 0.3 is 0 Å². The molecule has 86 valence electrons. The molecule has 1 aromatic carbocycles. The molecule has 0 unspecified atom stereocenters. The lowest BCUT2D eigenvalue weighted by atomic mass is 10.0. The molecule has 0 amide bonds. The van der Waals surface area contributed by atoms with Crippen molar-refractivity contribution in [3.63, 3.8) is 0 Å². The molecule has 2 heteroatoms. The maximum absolute atomic E-state index is 9.85. The number of benzene rings is 1. The molecule has 3 rings (SSSR count). The maximum Gasteiger partial charge on any atom is 0.0929 e. The van der Waals surface area contributed by atoms with E-state index in [9.17, 15) is 5.11 Å². The van der Waals surface area contributed by atoms with Crippen LogP contribution in [-0.4, -0.2) is 17.8 Å². The van der Waals surface area contributed by atoms with Crippen molar-refractivity contribution in [3.05, 3.63) is 35.4 Å². The zero-order valence-corrected chi connectivity index (χ0v) is 9.70. The fourth-order valence-corrected chi connectivity index (χ4v) is 2.35. The van der Waals surface area contributed by atoms with Crippen molar-refractivity contribution >= 4 is 0 Å². The Morgan fingerprint density at radius 2 is 1.75 bits per heavy atom. The summed E-state index contributed by atoms with van der Waals surface area (Å²) in [7, 11) is 1.79. The Balaban J connectivity index is 1.75. The summed E-state index contributed by atoms with van der Waals surface area (Å²) in [6, 6.07) is 8.56. The molecule has 2 fully saturated rings. The van der Waals surface area contributed by atoms with Gasteiger partial charge in [-0.15, -0.1) is 0 Å². The first-order valence-corrected chi connectivity index (χ1v) is 6.03. The van der Waals surface area contributed by atoms with Gasteiger partial charge in [0.1, 0.15) is 0 Å². The van der Waals surface area contributed by atoms with Crippen LogP contribution in [0.5, 0.6) is 0 Å². The van der Waals surface area contributed by atoms with Crippen molar-refractivity contribution in [2.24, 2.45) is 0 Å². The molecule has 0 heterocycles. The molecule has 0 saturated heterocycles. The van der Waals surface area contributed by atoms with Crippen molar-refractivity contribution in [2.75, 3.05) is 7.11 Å². The predicted octanol–water partition coefficient (Wildman–Crippen LogP) is 2.39. The minimum absolute atomic E-state index is 0.00894. The van der Waals surface area contributed by atoms with E-state index in [0.29, 0.717) is 0 Å². The van der Waals surface area contributed by atoms with Gasteiger partial charge in [0, 0.05) is 13.5 Å². The Hall–Kier alpha value is -0.860. The lowest BCUT2D eigenvalue weighted by molar-refractivity contribution is 0.0789. The second-order valence-corrected chi connectivity index (χ2v) is 5.30. The number of methoxy groups -OCH3 is 1. The van der Waals surface area contributed by atoms with Crippen LogP contribution in [0.1, 0.15) is 36.8 Å². The summed E-state index contributed by atoms with van der Waals surface area (Å²) in [5.41, 5.74) is 2.13. The molecule has 1 N–H and O–H groups in total. The lowest BCUT2D eigenvalue weighted by Gasteiger charge is -2.14. The Morgan fingerprint density at radius 1 is 1.12 bits per heavy atom. The van der Waals surface area contributed by atoms with E-state index < -0.39 is 0 Å². The first kappa shape index (κ1) is 10.3. The zero-order valence-electron chi connectivity index (χ0n) is 9.70. The largest absolute Gasteiger partial charge is 0.390 e. The molecule has 1 aromatic rings. The summed E-state index contributed by atoms with van der Waals surface area (Å²) < 4.78 is 5.54. The van der Waals surface area contributed by atoms with E-state index >= 15 is 0 Å². The van der Waals surface area contributed by atoms with Crippen molar-refractivity contribution < 1.29 is 9.84 Å². The highest BCUT2D eigenvalue weighted by molar-refractivity contribution is 5.32. The summed E-state index contributed by atoms with van der Waals surface area (Å²) in [6.45, 7) is 0. The molecule has 0 aromatic heterocycles. The van der Waals surface area contributed by atoms with E-state index in [-0.39, 0.29) is 11.2 Å². The van der Waals surface area contributed by atoms with Gasteiger partial charge in [-0.2, -0.15) is 0 Å². The van der Waals surface area contributed by atoms with Gasteiger partial charge in [0.2, 0.25) is 0 Å². The topological polar surface area (TPSA) is 29.5 Å². The van der Waals surface area contributed by atoms with E-state index in [2.05, 4.69) is 24.3 Å². The van der Waals surface area contributed by atoms with Crippen LogP contribution in [0, 0.1) is 0 Å². The van der Waals surface area contributed by atoms with Gasteiger partial charge in [-0.1, -0.05) is 24.3 Å². The second kappa shape index (κ2) is 3.31. The summed E-state index contributed by atoms with van der Waals surface area (Å²) >= 11 is 0. The minimum atomic E-state index is -0.389. The van der Waals surface area contributed by atoms with Gasteiger partial charge in [0.05, 0.1) is 11.2 Å². The van der Waals surface area contributed by atoms with Crippen LogP contribution in [0.4, 0.5) is 0 Å². The fraction of sp³-hybridized carbons (Fsp3) is 0.571. The van der Waals surface area contributed by atoms with Gasteiger partial charge in [0.15, 0.2) is 0 Å². The SMILES string of the molecule is COC1(c2ccc(CC3(O)CC3)cc2)CC1. The average molecular weight is 218 g/mol. The molecule has 2 aliphatic carbocycles. The number of hydrogen-bond donors (Lipinski definition) is 1. The standard InChI is InChI=1S/C14H18O2/c1-16-14(8-9-14)12-4-2-11(3-5-12)10-13(15)6-7-13/h2-5,15H,6-10H2,1H3. The van der Waals surface area contributed by atoms with Crippen LogP contribution >= 0.6 is 0 Å². The van der Waals surface area contributed by atoms with Crippen LogP contribution in [0.15, 0.2) is 24.3 Å².